The van der Waals surface area contributed by atoms with Gasteiger partial charge in [0.05, 0.1) is 19.3 Å². The van der Waals surface area contributed by atoms with Crippen molar-refractivity contribution < 1.29 is 9.84 Å². The molecule has 0 bridgehead atoms. The average molecular weight is 430 g/mol. The largest absolute Gasteiger partial charge is 0.394 e. The normalized spacial score (nSPS) is 18.3. The highest BCUT2D eigenvalue weighted by Gasteiger charge is 2.17. The number of thioether (sulfide) groups is 1. The van der Waals surface area contributed by atoms with E-state index >= 15 is 0 Å². The van der Waals surface area contributed by atoms with Gasteiger partial charge in [-0.05, 0) is 55.5 Å². The maximum Gasteiger partial charge on any atom is 0.0808 e. The zero-order chi connectivity index (χ0) is 20.7. The molecule has 2 aromatic rings. The summed E-state index contributed by atoms with van der Waals surface area (Å²) in [6.45, 7) is 2.43. The van der Waals surface area contributed by atoms with Gasteiger partial charge in [0.15, 0.2) is 0 Å². The van der Waals surface area contributed by atoms with Crippen LogP contribution in [0.3, 0.4) is 0 Å². The molecular formula is C24H28ClNO2S. The molecule has 0 saturated heterocycles. The van der Waals surface area contributed by atoms with Crippen molar-refractivity contribution in [2.24, 2.45) is 5.73 Å². The van der Waals surface area contributed by atoms with Gasteiger partial charge in [0.25, 0.3) is 0 Å². The molecule has 0 spiro atoms. The van der Waals surface area contributed by atoms with Crippen LogP contribution in [-0.2, 0) is 17.8 Å². The number of rotatable bonds is 9. The fourth-order valence-electron chi connectivity index (χ4n) is 3.02. The Kier molecular flexibility index (Phi) is 7.99. The maximum absolute atomic E-state index is 9.31. The molecule has 0 heterocycles. The molecule has 2 unspecified atom stereocenters. The number of halogens is 1. The molecule has 154 valence electrons. The molecule has 2 aromatic carbocycles. The van der Waals surface area contributed by atoms with E-state index in [2.05, 4.69) is 42.5 Å². The maximum atomic E-state index is 9.31. The number of benzene rings is 2. The molecule has 3 N–H and O–H groups in total. The first kappa shape index (κ1) is 22.1. The van der Waals surface area contributed by atoms with Crippen LogP contribution in [0.25, 0.3) is 0 Å². The molecule has 0 saturated carbocycles. The molecule has 1 aliphatic rings. The van der Waals surface area contributed by atoms with Crippen LogP contribution in [0.4, 0.5) is 0 Å². The van der Waals surface area contributed by atoms with Crippen LogP contribution < -0.4 is 5.73 Å². The number of hydrogen-bond donors (Lipinski definition) is 2. The summed E-state index contributed by atoms with van der Waals surface area (Å²) in [5, 5.41) is 10.0. The highest BCUT2D eigenvalue weighted by molar-refractivity contribution is 8.03. The van der Waals surface area contributed by atoms with Crippen LogP contribution in [0, 0.1) is 0 Å². The lowest BCUT2D eigenvalue weighted by molar-refractivity contribution is 0.0731. The van der Waals surface area contributed by atoms with Crippen LogP contribution in [0.15, 0.2) is 76.6 Å². The van der Waals surface area contributed by atoms with Crippen molar-refractivity contribution in [3.8, 4) is 0 Å². The molecule has 0 fully saturated rings. The standard InChI is InChI=1S/C24H28ClNO2S/c1-24(26,17-27)13-12-19-10-11-22(15-23(19)25)29-21-9-5-8-20(14-21)28-16-18-6-3-2-4-7-18/h2-7,9-11,14-15,20,27H,8,12-13,16-17,26H2,1H3. The summed E-state index contributed by atoms with van der Waals surface area (Å²) in [4.78, 5) is 2.25. The summed E-state index contributed by atoms with van der Waals surface area (Å²) in [6.07, 6.45) is 8.87. The van der Waals surface area contributed by atoms with E-state index < -0.39 is 5.54 Å². The number of aliphatic hydroxyl groups is 1. The van der Waals surface area contributed by atoms with Crippen LogP contribution >= 0.6 is 23.4 Å². The fraction of sp³-hybridized carbons (Fsp3) is 0.333. The second kappa shape index (κ2) is 10.5. The first-order chi connectivity index (χ1) is 13.9. The number of nitrogens with two attached hydrogens (primary N) is 1. The molecule has 3 nitrogen and oxygen atoms in total. The van der Waals surface area contributed by atoms with Crippen LogP contribution in [0.5, 0.6) is 0 Å². The number of aryl methyl sites for hydroxylation is 1. The molecule has 0 amide bonds. The van der Waals surface area contributed by atoms with Gasteiger partial charge >= 0.3 is 0 Å². The Balaban J connectivity index is 1.57. The summed E-state index contributed by atoms with van der Waals surface area (Å²) in [5.74, 6) is 0. The summed E-state index contributed by atoms with van der Waals surface area (Å²) in [5.41, 5.74) is 7.67. The lowest BCUT2D eigenvalue weighted by Gasteiger charge is -2.21. The van der Waals surface area contributed by atoms with Crippen LogP contribution in [0.1, 0.15) is 30.9 Å². The average Bonchev–Trinajstić information content (AvgIpc) is 2.73. The summed E-state index contributed by atoms with van der Waals surface area (Å²) in [7, 11) is 0. The minimum absolute atomic E-state index is 0.0352. The van der Waals surface area contributed by atoms with Gasteiger partial charge < -0.3 is 15.6 Å². The third-order valence-corrected chi connectivity index (χ3v) is 6.24. The van der Waals surface area contributed by atoms with E-state index in [-0.39, 0.29) is 12.7 Å². The third-order valence-electron chi connectivity index (χ3n) is 4.89. The molecule has 5 heteroatoms. The Hall–Kier alpha value is -1.56. The van der Waals surface area contributed by atoms with Gasteiger partial charge in [-0.25, -0.2) is 0 Å². The smallest absolute Gasteiger partial charge is 0.0808 e. The molecule has 1 aliphatic carbocycles. The SMILES string of the molecule is CC(N)(CO)CCc1ccc(SC2=CC(OCc3ccccc3)CC=C2)cc1Cl. The molecule has 0 aromatic heterocycles. The topological polar surface area (TPSA) is 55.5 Å². The predicted molar refractivity (Wildman–Crippen MR) is 122 cm³/mol. The van der Waals surface area contributed by atoms with Gasteiger partial charge in [-0.1, -0.05) is 71.9 Å². The fourth-order valence-corrected chi connectivity index (χ4v) is 4.33. The van der Waals surface area contributed by atoms with Gasteiger partial charge in [0.1, 0.15) is 0 Å². The molecular weight excluding hydrogens is 402 g/mol. The number of allylic oxidation sites excluding steroid dienone is 1. The lowest BCUT2D eigenvalue weighted by Crippen LogP contribution is -2.40. The Labute approximate surface area is 182 Å². The van der Waals surface area contributed by atoms with E-state index in [9.17, 15) is 5.11 Å². The minimum Gasteiger partial charge on any atom is -0.394 e. The first-order valence-electron chi connectivity index (χ1n) is 9.85. The van der Waals surface area contributed by atoms with Crippen molar-refractivity contribution in [3.05, 3.63) is 87.8 Å². The van der Waals surface area contributed by atoms with Crippen LogP contribution in [-0.4, -0.2) is 23.4 Å². The molecule has 3 rings (SSSR count). The van der Waals surface area contributed by atoms with Crippen LogP contribution in [0.2, 0.25) is 5.02 Å². The first-order valence-corrected chi connectivity index (χ1v) is 11.0. The minimum atomic E-state index is -0.580. The van der Waals surface area contributed by atoms with Gasteiger partial charge in [-0.3, -0.25) is 0 Å². The Morgan fingerprint density at radius 3 is 2.76 bits per heavy atom. The van der Waals surface area contributed by atoms with Crippen molar-refractivity contribution in [1.82, 2.24) is 0 Å². The number of aliphatic hydroxyl groups excluding tert-OH is 1. The van der Waals surface area contributed by atoms with Gasteiger partial charge in [-0.15, -0.1) is 0 Å². The van der Waals surface area contributed by atoms with E-state index in [0.29, 0.717) is 13.0 Å². The van der Waals surface area contributed by atoms with Gasteiger partial charge in [0.2, 0.25) is 0 Å². The highest BCUT2D eigenvalue weighted by Crippen LogP contribution is 2.34. The van der Waals surface area contributed by atoms with Crippen molar-refractivity contribution in [1.29, 1.82) is 0 Å². The highest BCUT2D eigenvalue weighted by atomic mass is 35.5. The van der Waals surface area contributed by atoms with Crippen molar-refractivity contribution in [2.45, 2.75) is 49.3 Å². The third kappa shape index (κ3) is 7.02. The van der Waals surface area contributed by atoms with E-state index in [1.54, 1.807) is 11.8 Å². The van der Waals surface area contributed by atoms with Gasteiger partial charge in [-0.2, -0.15) is 0 Å². The van der Waals surface area contributed by atoms with E-state index in [1.807, 2.05) is 31.2 Å². The Morgan fingerprint density at radius 1 is 1.24 bits per heavy atom. The Morgan fingerprint density at radius 2 is 2.03 bits per heavy atom. The van der Waals surface area contributed by atoms with E-state index in [4.69, 9.17) is 22.1 Å². The number of ether oxygens (including phenoxy) is 1. The molecule has 2 atom stereocenters. The number of hydrogen-bond acceptors (Lipinski definition) is 4. The van der Waals surface area contributed by atoms with Gasteiger partial charge in [0, 0.05) is 20.4 Å². The van der Waals surface area contributed by atoms with E-state index in [0.717, 1.165) is 33.2 Å². The second-order valence-electron chi connectivity index (χ2n) is 7.71. The molecule has 0 radical (unpaired) electrons. The van der Waals surface area contributed by atoms with Crippen molar-refractivity contribution >= 4 is 23.4 Å². The van der Waals surface area contributed by atoms with E-state index in [1.165, 1.54) is 5.56 Å². The Bertz CT molecular complexity index is 864. The zero-order valence-electron chi connectivity index (χ0n) is 16.7. The monoisotopic (exact) mass is 429 g/mol. The lowest BCUT2D eigenvalue weighted by atomic mass is 9.95. The molecule has 29 heavy (non-hydrogen) atoms. The quantitative estimate of drug-likeness (QED) is 0.552. The summed E-state index contributed by atoms with van der Waals surface area (Å²) >= 11 is 8.17. The second-order valence-corrected chi connectivity index (χ2v) is 9.26. The van der Waals surface area contributed by atoms with Crippen molar-refractivity contribution in [2.75, 3.05) is 6.61 Å². The summed E-state index contributed by atoms with van der Waals surface area (Å²) in [6, 6.07) is 16.4. The van der Waals surface area contributed by atoms with Crippen molar-refractivity contribution in [3.63, 3.8) is 0 Å². The zero-order valence-corrected chi connectivity index (χ0v) is 18.3. The predicted octanol–water partition coefficient (Wildman–Crippen LogP) is 5.50. The molecule has 0 aliphatic heterocycles. The summed E-state index contributed by atoms with van der Waals surface area (Å²) < 4.78 is 6.05.